The Morgan fingerprint density at radius 3 is 2.49 bits per heavy atom. The third kappa shape index (κ3) is 8.36. The maximum Gasteiger partial charge on any atom is 0.310 e. The van der Waals surface area contributed by atoms with Gasteiger partial charge < -0.3 is 15.0 Å². The zero-order valence-electron chi connectivity index (χ0n) is 25.1. The van der Waals surface area contributed by atoms with Gasteiger partial charge >= 0.3 is 5.97 Å². The summed E-state index contributed by atoms with van der Waals surface area (Å²) in [5.41, 5.74) is 4.35. The van der Waals surface area contributed by atoms with Gasteiger partial charge in [-0.3, -0.25) is 19.0 Å². The molecule has 2 aliphatic rings. The summed E-state index contributed by atoms with van der Waals surface area (Å²) >= 11 is 1.74. The molecule has 0 radical (unpaired) electrons. The van der Waals surface area contributed by atoms with Crippen molar-refractivity contribution in [3.63, 3.8) is 0 Å². The van der Waals surface area contributed by atoms with Crippen molar-refractivity contribution in [1.82, 2.24) is 19.8 Å². The van der Waals surface area contributed by atoms with Crippen molar-refractivity contribution in [2.45, 2.75) is 81.7 Å². The number of para-hydroxylation sites is 1. The Bertz CT molecular complexity index is 1440. The van der Waals surface area contributed by atoms with E-state index in [0.717, 1.165) is 47.9 Å². The minimum Gasteiger partial charge on any atom is -0.466 e. The molecule has 1 amide bonds. The number of benzene rings is 2. The molecule has 8 nitrogen and oxygen atoms in total. The fraction of sp³-hybridized carbons (Fsp3) is 0.471. The summed E-state index contributed by atoms with van der Waals surface area (Å²) in [6.45, 7) is 4.41. The predicted octanol–water partition coefficient (Wildman–Crippen LogP) is 4.87. The first-order valence-electron chi connectivity index (χ1n) is 15.6. The number of ether oxygens (including phenoxy) is 1. The Balaban J connectivity index is 1.16. The average molecular weight is 603 g/mol. The summed E-state index contributed by atoms with van der Waals surface area (Å²) in [7, 11) is 0. The zero-order chi connectivity index (χ0) is 30.0. The lowest BCUT2D eigenvalue weighted by atomic mass is 10.0. The number of rotatable bonds is 12. The predicted molar refractivity (Wildman–Crippen MR) is 170 cm³/mol. The van der Waals surface area contributed by atoms with Gasteiger partial charge in [0.15, 0.2) is 5.16 Å². The Morgan fingerprint density at radius 1 is 1.00 bits per heavy atom. The molecule has 0 bridgehead atoms. The molecule has 3 aromatic rings. The molecule has 0 unspecified atom stereocenters. The zero-order valence-corrected chi connectivity index (χ0v) is 25.9. The SMILES string of the molecule is CCOC(=O)Cc1ccc(CCNCCC(=O)N2CCc3nc(SC4CCCCC4)n(-c4ccccc4)c(=O)c3C2)cc1. The number of fused-ring (bicyclic) bond motifs is 1. The van der Waals surface area contributed by atoms with E-state index in [1.807, 2.05) is 54.6 Å². The normalized spacial score (nSPS) is 15.2. The van der Waals surface area contributed by atoms with Gasteiger partial charge in [0, 0.05) is 31.2 Å². The van der Waals surface area contributed by atoms with Crippen LogP contribution in [0, 0.1) is 0 Å². The second kappa shape index (κ2) is 15.3. The Labute approximate surface area is 258 Å². The maximum absolute atomic E-state index is 13.9. The highest BCUT2D eigenvalue weighted by molar-refractivity contribution is 7.99. The summed E-state index contributed by atoms with van der Waals surface area (Å²) in [5.74, 6) is -0.164. The summed E-state index contributed by atoms with van der Waals surface area (Å²) in [6, 6.07) is 17.7. The van der Waals surface area contributed by atoms with Crippen LogP contribution in [0.5, 0.6) is 0 Å². The minimum absolute atomic E-state index is 0.0489. The van der Waals surface area contributed by atoms with Crippen LogP contribution in [0.1, 0.15) is 67.8 Å². The van der Waals surface area contributed by atoms with Crippen LogP contribution in [0.4, 0.5) is 0 Å². The first kappa shape index (κ1) is 31.0. The molecule has 0 saturated heterocycles. The van der Waals surface area contributed by atoms with Gasteiger partial charge in [-0.2, -0.15) is 0 Å². The fourth-order valence-electron chi connectivity index (χ4n) is 5.80. The molecule has 2 heterocycles. The van der Waals surface area contributed by atoms with E-state index < -0.39 is 0 Å². The van der Waals surface area contributed by atoms with Crippen molar-refractivity contribution in [2.24, 2.45) is 0 Å². The van der Waals surface area contributed by atoms with E-state index >= 15 is 0 Å². The largest absolute Gasteiger partial charge is 0.466 e. The highest BCUT2D eigenvalue weighted by Gasteiger charge is 2.28. The Kier molecular flexibility index (Phi) is 11.1. The van der Waals surface area contributed by atoms with Gasteiger partial charge in [-0.25, -0.2) is 4.98 Å². The van der Waals surface area contributed by atoms with Gasteiger partial charge in [0.2, 0.25) is 5.91 Å². The molecule has 9 heteroatoms. The van der Waals surface area contributed by atoms with Crippen LogP contribution < -0.4 is 10.9 Å². The molecule has 5 rings (SSSR count). The molecule has 1 aliphatic carbocycles. The van der Waals surface area contributed by atoms with Gasteiger partial charge in [0.25, 0.3) is 5.56 Å². The summed E-state index contributed by atoms with van der Waals surface area (Å²) in [5, 5.41) is 4.63. The summed E-state index contributed by atoms with van der Waals surface area (Å²) in [6.07, 6.45) is 8.16. The van der Waals surface area contributed by atoms with E-state index in [1.54, 1.807) is 28.2 Å². The van der Waals surface area contributed by atoms with E-state index in [9.17, 15) is 14.4 Å². The first-order chi connectivity index (χ1) is 21.0. The van der Waals surface area contributed by atoms with Gasteiger partial charge in [-0.15, -0.1) is 0 Å². The molecule has 1 aliphatic heterocycles. The first-order valence-corrected chi connectivity index (χ1v) is 16.5. The Hall–Kier alpha value is -3.43. The third-order valence-electron chi connectivity index (χ3n) is 8.17. The number of hydrogen-bond acceptors (Lipinski definition) is 7. The van der Waals surface area contributed by atoms with Crippen LogP contribution in [0.3, 0.4) is 0 Å². The van der Waals surface area contributed by atoms with Crippen LogP contribution in [0.25, 0.3) is 5.69 Å². The van der Waals surface area contributed by atoms with Crippen LogP contribution >= 0.6 is 11.8 Å². The van der Waals surface area contributed by atoms with Gasteiger partial charge in [-0.1, -0.05) is 73.5 Å². The van der Waals surface area contributed by atoms with Crippen LogP contribution in [0.2, 0.25) is 0 Å². The number of nitrogens with one attached hydrogen (secondary N) is 1. The highest BCUT2D eigenvalue weighted by Crippen LogP contribution is 2.34. The number of carbonyl (C=O) groups excluding carboxylic acids is 2. The second-order valence-electron chi connectivity index (χ2n) is 11.3. The molecule has 1 aromatic heterocycles. The molecular formula is C34H42N4O4S. The van der Waals surface area contributed by atoms with Crippen LogP contribution in [-0.4, -0.2) is 57.8 Å². The standard InChI is InChI=1S/C34H42N4O4S/c1-2-42-32(40)23-26-15-13-25(14-16-26)17-20-35-21-18-31(39)37-22-19-30-29(24-37)33(41)38(27-9-5-3-6-10-27)34(36-30)43-28-11-7-4-8-12-28/h3,5-6,9-10,13-16,28,35H,2,4,7-8,11-12,17-24H2,1H3. The maximum atomic E-state index is 13.9. The quantitative estimate of drug-likeness (QED) is 0.180. The Morgan fingerprint density at radius 2 is 1.74 bits per heavy atom. The number of nitrogens with zero attached hydrogens (tertiary/aromatic N) is 3. The molecule has 228 valence electrons. The lowest BCUT2D eigenvalue weighted by Gasteiger charge is -2.30. The lowest BCUT2D eigenvalue weighted by Crippen LogP contribution is -2.42. The fourth-order valence-corrected chi connectivity index (χ4v) is 7.12. The van der Waals surface area contributed by atoms with Crippen molar-refractivity contribution in [3.05, 3.63) is 87.3 Å². The number of hydrogen-bond donors (Lipinski definition) is 1. The van der Waals surface area contributed by atoms with Gasteiger partial charge in [0.05, 0.1) is 36.5 Å². The number of carbonyl (C=O) groups is 2. The topological polar surface area (TPSA) is 93.5 Å². The molecular weight excluding hydrogens is 560 g/mol. The van der Waals surface area contributed by atoms with E-state index in [0.29, 0.717) is 49.9 Å². The molecule has 2 aromatic carbocycles. The van der Waals surface area contributed by atoms with Crippen molar-refractivity contribution in [3.8, 4) is 5.69 Å². The van der Waals surface area contributed by atoms with Crippen molar-refractivity contribution in [2.75, 3.05) is 26.2 Å². The van der Waals surface area contributed by atoms with Crippen molar-refractivity contribution >= 4 is 23.6 Å². The molecule has 43 heavy (non-hydrogen) atoms. The lowest BCUT2D eigenvalue weighted by molar-refractivity contribution is -0.142. The van der Waals surface area contributed by atoms with E-state index in [1.165, 1.54) is 24.8 Å². The minimum atomic E-state index is -0.213. The van der Waals surface area contributed by atoms with Gasteiger partial charge in [-0.05, 0) is 56.0 Å². The van der Waals surface area contributed by atoms with Crippen molar-refractivity contribution in [1.29, 1.82) is 0 Å². The van der Waals surface area contributed by atoms with E-state index in [-0.39, 0.29) is 23.9 Å². The van der Waals surface area contributed by atoms with Crippen molar-refractivity contribution < 1.29 is 14.3 Å². The number of thioether (sulfide) groups is 1. The summed E-state index contributed by atoms with van der Waals surface area (Å²) < 4.78 is 6.77. The monoisotopic (exact) mass is 602 g/mol. The van der Waals surface area contributed by atoms with Crippen LogP contribution in [0.15, 0.2) is 64.5 Å². The number of esters is 1. The summed E-state index contributed by atoms with van der Waals surface area (Å²) in [4.78, 5) is 45.5. The number of amides is 1. The smallest absolute Gasteiger partial charge is 0.310 e. The van der Waals surface area contributed by atoms with Crippen LogP contribution in [-0.2, 0) is 40.1 Å². The molecule has 1 N–H and O–H groups in total. The van der Waals surface area contributed by atoms with E-state index in [4.69, 9.17) is 9.72 Å². The highest BCUT2D eigenvalue weighted by atomic mass is 32.2. The number of aromatic nitrogens is 2. The van der Waals surface area contributed by atoms with E-state index in [2.05, 4.69) is 5.32 Å². The average Bonchev–Trinajstić information content (AvgIpc) is 3.02. The second-order valence-corrected chi connectivity index (χ2v) is 12.6. The molecule has 0 atom stereocenters. The third-order valence-corrected chi connectivity index (χ3v) is 9.46. The van der Waals surface area contributed by atoms with Gasteiger partial charge in [0.1, 0.15) is 0 Å². The molecule has 1 fully saturated rings. The molecule has 0 spiro atoms. The molecule has 1 saturated carbocycles.